The Hall–Kier alpha value is -3.13. The number of quaternary nitrogens is 1. The molecule has 3 rings (SSSR count). The Morgan fingerprint density at radius 3 is 2.67 bits per heavy atom. The van der Waals surface area contributed by atoms with Crippen LogP contribution >= 0.6 is 0 Å². The fourth-order valence-electron chi connectivity index (χ4n) is 3.24. The van der Waals surface area contributed by atoms with Gasteiger partial charge in [0.05, 0.1) is 19.9 Å². The number of fused-ring (bicyclic) bond motifs is 1. The van der Waals surface area contributed by atoms with E-state index in [4.69, 9.17) is 9.15 Å². The van der Waals surface area contributed by atoms with Crippen molar-refractivity contribution in [2.75, 3.05) is 13.7 Å². The minimum absolute atomic E-state index is 0.0116. The lowest BCUT2D eigenvalue weighted by molar-refractivity contribution is -0.924. The molecule has 1 aromatic heterocycles. The second kappa shape index (κ2) is 8.50. The highest BCUT2D eigenvalue weighted by Gasteiger charge is 2.37. The van der Waals surface area contributed by atoms with Crippen LogP contribution in [0.4, 0.5) is 4.79 Å². The number of furan rings is 1. The van der Waals surface area contributed by atoms with Crippen LogP contribution in [0.3, 0.4) is 0 Å². The van der Waals surface area contributed by atoms with Crippen LogP contribution < -0.4 is 15.5 Å². The van der Waals surface area contributed by atoms with Gasteiger partial charge >= 0.3 is 12.0 Å². The summed E-state index contributed by atoms with van der Waals surface area (Å²) >= 11 is 0. The van der Waals surface area contributed by atoms with Crippen molar-refractivity contribution < 1.29 is 28.4 Å². The third-order valence-electron chi connectivity index (χ3n) is 4.58. The molecule has 0 saturated carbocycles. The van der Waals surface area contributed by atoms with Crippen molar-refractivity contribution in [3.63, 3.8) is 0 Å². The van der Waals surface area contributed by atoms with Crippen molar-refractivity contribution in [3.8, 4) is 0 Å². The third kappa shape index (κ3) is 4.73. The molecular formula is C19H22N3O5+. The highest BCUT2D eigenvalue weighted by atomic mass is 16.5. The van der Waals surface area contributed by atoms with Gasteiger partial charge in [-0.1, -0.05) is 24.3 Å². The molecule has 0 bridgehead atoms. The molecule has 0 fully saturated rings. The van der Waals surface area contributed by atoms with Crippen LogP contribution in [-0.4, -0.2) is 37.6 Å². The lowest BCUT2D eigenvalue weighted by Crippen LogP contribution is -3.17. The zero-order valence-electron chi connectivity index (χ0n) is 15.0. The fraction of sp³-hybridized carbons (Fsp3) is 0.316. The van der Waals surface area contributed by atoms with Gasteiger partial charge in [-0.15, -0.1) is 0 Å². The van der Waals surface area contributed by atoms with E-state index < -0.39 is 18.0 Å². The Kier molecular flexibility index (Phi) is 5.87. The predicted octanol–water partition coefficient (Wildman–Crippen LogP) is -0.212. The fourth-order valence-corrected chi connectivity index (χ4v) is 3.24. The Morgan fingerprint density at radius 1 is 1.19 bits per heavy atom. The quantitative estimate of drug-likeness (QED) is 0.631. The van der Waals surface area contributed by atoms with Crippen molar-refractivity contribution in [2.24, 2.45) is 0 Å². The summed E-state index contributed by atoms with van der Waals surface area (Å²) in [5.74, 6) is -0.244. The molecule has 0 aliphatic carbocycles. The van der Waals surface area contributed by atoms with Crippen molar-refractivity contribution in [1.29, 1.82) is 0 Å². The zero-order chi connectivity index (χ0) is 19.2. The molecule has 2 heterocycles. The van der Waals surface area contributed by atoms with Crippen LogP contribution in [0.25, 0.3) is 0 Å². The van der Waals surface area contributed by atoms with Crippen LogP contribution in [0.15, 0.2) is 47.1 Å². The predicted molar refractivity (Wildman–Crippen MR) is 94.6 cm³/mol. The smallest absolute Gasteiger partial charge is 0.365 e. The Labute approximate surface area is 156 Å². The maximum absolute atomic E-state index is 12.3. The van der Waals surface area contributed by atoms with E-state index in [0.717, 1.165) is 16.0 Å². The molecule has 0 radical (unpaired) electrons. The van der Waals surface area contributed by atoms with Gasteiger partial charge in [-0.05, 0) is 17.7 Å². The van der Waals surface area contributed by atoms with Gasteiger partial charge in [-0.2, -0.15) is 0 Å². The number of rotatable bonds is 5. The molecule has 8 heteroatoms. The number of ether oxygens (including phenoxy) is 1. The summed E-state index contributed by atoms with van der Waals surface area (Å²) in [6.45, 7) is 0.681. The van der Waals surface area contributed by atoms with E-state index in [-0.39, 0.29) is 19.1 Å². The van der Waals surface area contributed by atoms with Gasteiger partial charge < -0.3 is 19.4 Å². The Balaban J connectivity index is 1.59. The summed E-state index contributed by atoms with van der Waals surface area (Å²) in [6, 6.07) is 10.2. The summed E-state index contributed by atoms with van der Waals surface area (Å²) in [6.07, 6.45) is 2.00. The number of benzene rings is 1. The number of methoxy groups -OCH3 is 1. The van der Waals surface area contributed by atoms with Crippen molar-refractivity contribution in [2.45, 2.75) is 25.6 Å². The Bertz CT molecular complexity index is 819. The van der Waals surface area contributed by atoms with E-state index in [1.54, 1.807) is 12.1 Å². The molecule has 142 valence electrons. The average molecular weight is 372 g/mol. The SMILES string of the molecule is COC(=O)[C@H]1Cc2ccccc2C[NH+]1CC(=O)NC(=O)NCc1ccco1. The first-order valence-corrected chi connectivity index (χ1v) is 8.66. The lowest BCUT2D eigenvalue weighted by Gasteiger charge is -2.31. The average Bonchev–Trinajstić information content (AvgIpc) is 3.18. The standard InChI is InChI=1S/C19H21N3O5/c1-26-18(24)16-9-13-5-2-3-6-14(13)11-22(16)12-17(23)21-19(25)20-10-15-7-4-8-27-15/h2-8,16H,9-12H2,1H3,(H2,20,21,23,25)/p+1/t16-/m1/s1. The number of hydrogen-bond donors (Lipinski definition) is 3. The van der Waals surface area contributed by atoms with Crippen LogP contribution in [0, 0.1) is 0 Å². The number of imide groups is 1. The minimum Gasteiger partial charge on any atom is -0.467 e. The van der Waals surface area contributed by atoms with Gasteiger partial charge in [0.25, 0.3) is 5.91 Å². The second-order valence-corrected chi connectivity index (χ2v) is 6.37. The van der Waals surface area contributed by atoms with Crippen molar-refractivity contribution >= 4 is 17.9 Å². The van der Waals surface area contributed by atoms with Crippen molar-refractivity contribution in [3.05, 3.63) is 59.5 Å². The molecule has 2 aromatic rings. The number of carbonyl (C=O) groups excluding carboxylic acids is 3. The van der Waals surface area contributed by atoms with E-state index in [9.17, 15) is 14.4 Å². The zero-order valence-corrected chi connectivity index (χ0v) is 15.0. The van der Waals surface area contributed by atoms with Gasteiger partial charge in [0.2, 0.25) is 0 Å². The van der Waals surface area contributed by atoms with Crippen LogP contribution in [0.5, 0.6) is 0 Å². The summed E-state index contributed by atoms with van der Waals surface area (Å²) in [5, 5.41) is 4.84. The summed E-state index contributed by atoms with van der Waals surface area (Å²) in [5.41, 5.74) is 2.16. The van der Waals surface area contributed by atoms with E-state index >= 15 is 0 Å². The first-order valence-electron chi connectivity index (χ1n) is 8.66. The number of esters is 1. The van der Waals surface area contributed by atoms with Crippen LogP contribution in [0.1, 0.15) is 16.9 Å². The first-order chi connectivity index (χ1) is 13.1. The van der Waals surface area contributed by atoms with Gasteiger partial charge in [0.1, 0.15) is 12.3 Å². The van der Waals surface area contributed by atoms with Gasteiger partial charge in [-0.25, -0.2) is 9.59 Å². The van der Waals surface area contributed by atoms with Crippen LogP contribution in [-0.2, 0) is 33.8 Å². The molecule has 0 saturated heterocycles. The van der Waals surface area contributed by atoms with E-state index in [0.29, 0.717) is 18.7 Å². The Morgan fingerprint density at radius 2 is 1.96 bits per heavy atom. The maximum atomic E-state index is 12.3. The molecule has 8 nitrogen and oxygen atoms in total. The normalized spacial score (nSPS) is 18.3. The minimum atomic E-state index is -0.608. The molecule has 2 atom stereocenters. The number of hydrogen-bond acceptors (Lipinski definition) is 5. The summed E-state index contributed by atoms with van der Waals surface area (Å²) < 4.78 is 10.0. The number of carbonyl (C=O) groups is 3. The topological polar surface area (TPSA) is 102 Å². The van der Waals surface area contributed by atoms with E-state index in [1.807, 2.05) is 24.3 Å². The van der Waals surface area contributed by atoms with Gasteiger partial charge in [0, 0.05) is 12.0 Å². The van der Waals surface area contributed by atoms with Crippen LogP contribution in [0.2, 0.25) is 0 Å². The molecule has 0 spiro atoms. The molecule has 1 aliphatic rings. The van der Waals surface area contributed by atoms with Crippen molar-refractivity contribution in [1.82, 2.24) is 10.6 Å². The maximum Gasteiger partial charge on any atom is 0.365 e. The molecule has 1 aliphatic heterocycles. The third-order valence-corrected chi connectivity index (χ3v) is 4.58. The number of amides is 3. The summed E-state index contributed by atoms with van der Waals surface area (Å²) in [7, 11) is 1.34. The lowest BCUT2D eigenvalue weighted by atomic mass is 9.94. The molecule has 1 aromatic carbocycles. The summed E-state index contributed by atoms with van der Waals surface area (Å²) in [4.78, 5) is 37.1. The molecule has 3 N–H and O–H groups in total. The highest BCUT2D eigenvalue weighted by Crippen LogP contribution is 2.14. The molecule has 1 unspecified atom stereocenters. The van der Waals surface area contributed by atoms with E-state index in [2.05, 4.69) is 10.6 Å². The second-order valence-electron chi connectivity index (χ2n) is 6.37. The number of urea groups is 1. The molecule has 3 amide bonds. The first kappa shape index (κ1) is 18.7. The van der Waals surface area contributed by atoms with E-state index in [1.165, 1.54) is 13.4 Å². The van der Waals surface area contributed by atoms with Gasteiger partial charge in [0.15, 0.2) is 12.6 Å². The monoisotopic (exact) mass is 372 g/mol. The molecular weight excluding hydrogens is 350 g/mol. The molecule has 27 heavy (non-hydrogen) atoms. The number of nitrogens with one attached hydrogen (secondary N) is 3. The largest absolute Gasteiger partial charge is 0.467 e. The highest BCUT2D eigenvalue weighted by molar-refractivity contribution is 5.94. The van der Waals surface area contributed by atoms with Gasteiger partial charge in [-0.3, -0.25) is 10.1 Å².